The third kappa shape index (κ3) is 2.47. The van der Waals surface area contributed by atoms with Crippen LogP contribution in [0.25, 0.3) is 0 Å². The molecule has 2 heterocycles. The van der Waals surface area contributed by atoms with Crippen LogP contribution in [0.5, 0.6) is 5.75 Å². The van der Waals surface area contributed by atoms with Crippen LogP contribution < -0.4 is 9.64 Å². The zero-order valence-electron chi connectivity index (χ0n) is 10.9. The van der Waals surface area contributed by atoms with Crippen molar-refractivity contribution >= 4 is 28.8 Å². The molecule has 21 heavy (non-hydrogen) atoms. The maximum absolute atomic E-state index is 11.3. The first-order valence-electron chi connectivity index (χ1n) is 6.32. The molecule has 0 atom stereocenters. The average molecular weight is 307 g/mol. The Morgan fingerprint density at radius 3 is 2.95 bits per heavy atom. The Labute approximate surface area is 125 Å². The molecule has 0 radical (unpaired) electrons. The number of aromatic nitrogens is 2. The molecule has 1 aromatic carbocycles. The van der Waals surface area contributed by atoms with Crippen molar-refractivity contribution in [3.63, 3.8) is 0 Å². The molecule has 108 valence electrons. The van der Waals surface area contributed by atoms with Crippen LogP contribution in [-0.4, -0.2) is 28.0 Å². The minimum atomic E-state index is -0.563. The molecule has 0 saturated carbocycles. The van der Waals surface area contributed by atoms with E-state index in [1.54, 1.807) is 4.90 Å². The van der Waals surface area contributed by atoms with Gasteiger partial charge in [-0.3, -0.25) is 10.1 Å². The quantitative estimate of drug-likeness (QED) is 0.482. The van der Waals surface area contributed by atoms with E-state index >= 15 is 0 Å². The lowest BCUT2D eigenvalue weighted by Gasteiger charge is -2.22. The monoisotopic (exact) mass is 306 g/mol. The van der Waals surface area contributed by atoms with Gasteiger partial charge < -0.3 is 9.64 Å². The molecule has 0 spiro atoms. The van der Waals surface area contributed by atoms with Gasteiger partial charge in [-0.1, -0.05) is 23.7 Å². The molecule has 1 aromatic heterocycles. The SMILES string of the molecule is O=[N+]([O-])c1c(Cl)ncnc1N1CCCOc2ccccc21. The maximum Gasteiger partial charge on any atom is 0.348 e. The number of hydrogen-bond acceptors (Lipinski definition) is 6. The van der Waals surface area contributed by atoms with Crippen LogP contribution in [0.2, 0.25) is 5.15 Å². The number of benzene rings is 1. The summed E-state index contributed by atoms with van der Waals surface area (Å²) in [7, 11) is 0. The third-order valence-corrected chi connectivity index (χ3v) is 3.41. The van der Waals surface area contributed by atoms with E-state index < -0.39 is 4.92 Å². The summed E-state index contributed by atoms with van der Waals surface area (Å²) in [6.45, 7) is 1.09. The van der Waals surface area contributed by atoms with Gasteiger partial charge in [0.2, 0.25) is 11.0 Å². The number of nitro groups is 1. The van der Waals surface area contributed by atoms with Gasteiger partial charge in [0.1, 0.15) is 12.1 Å². The van der Waals surface area contributed by atoms with Crippen LogP contribution in [0.4, 0.5) is 17.2 Å². The first-order valence-corrected chi connectivity index (χ1v) is 6.70. The van der Waals surface area contributed by atoms with E-state index in [1.807, 2.05) is 24.3 Å². The highest BCUT2D eigenvalue weighted by Gasteiger charge is 2.29. The molecule has 0 fully saturated rings. The summed E-state index contributed by atoms with van der Waals surface area (Å²) in [6.07, 6.45) is 1.94. The van der Waals surface area contributed by atoms with Crippen molar-refractivity contribution in [3.8, 4) is 5.75 Å². The van der Waals surface area contributed by atoms with Crippen molar-refractivity contribution in [2.75, 3.05) is 18.1 Å². The van der Waals surface area contributed by atoms with Gasteiger partial charge in [-0.05, 0) is 18.6 Å². The fraction of sp³-hybridized carbons (Fsp3) is 0.231. The Morgan fingerprint density at radius 1 is 1.33 bits per heavy atom. The van der Waals surface area contributed by atoms with E-state index in [0.717, 1.165) is 5.69 Å². The number of halogens is 1. The number of nitrogens with zero attached hydrogens (tertiary/aromatic N) is 4. The van der Waals surface area contributed by atoms with Crippen molar-refractivity contribution in [1.82, 2.24) is 9.97 Å². The molecular weight excluding hydrogens is 296 g/mol. The van der Waals surface area contributed by atoms with E-state index in [2.05, 4.69) is 9.97 Å². The molecule has 7 nitrogen and oxygen atoms in total. The first-order chi connectivity index (χ1) is 10.2. The van der Waals surface area contributed by atoms with E-state index in [-0.39, 0.29) is 16.7 Å². The van der Waals surface area contributed by atoms with Gasteiger partial charge in [0.25, 0.3) is 0 Å². The summed E-state index contributed by atoms with van der Waals surface area (Å²) in [5.74, 6) is 0.844. The Kier molecular flexibility index (Phi) is 3.57. The van der Waals surface area contributed by atoms with Crippen LogP contribution >= 0.6 is 11.6 Å². The Bertz CT molecular complexity index is 695. The predicted octanol–water partition coefficient (Wildman–Crippen LogP) is 2.96. The predicted molar refractivity (Wildman–Crippen MR) is 77.3 cm³/mol. The van der Waals surface area contributed by atoms with Gasteiger partial charge in [-0.15, -0.1) is 0 Å². The Morgan fingerprint density at radius 2 is 2.14 bits per heavy atom. The summed E-state index contributed by atoms with van der Waals surface area (Å²) in [6, 6.07) is 7.35. The fourth-order valence-electron chi connectivity index (χ4n) is 2.25. The number of hydrogen-bond donors (Lipinski definition) is 0. The smallest absolute Gasteiger partial charge is 0.348 e. The van der Waals surface area contributed by atoms with Gasteiger partial charge in [0.15, 0.2) is 0 Å². The summed E-state index contributed by atoms with van der Waals surface area (Å²) >= 11 is 5.86. The van der Waals surface area contributed by atoms with E-state index in [4.69, 9.17) is 16.3 Å². The number of ether oxygens (including phenoxy) is 1. The lowest BCUT2D eigenvalue weighted by atomic mass is 10.2. The van der Waals surface area contributed by atoms with Gasteiger partial charge >= 0.3 is 5.69 Å². The molecule has 0 N–H and O–H groups in total. The molecule has 3 rings (SSSR count). The first kappa shape index (κ1) is 13.6. The Balaban J connectivity index is 2.17. The molecule has 1 aliphatic rings. The number of rotatable bonds is 2. The van der Waals surface area contributed by atoms with E-state index in [0.29, 0.717) is 25.3 Å². The fourth-order valence-corrected chi connectivity index (χ4v) is 2.45. The largest absolute Gasteiger partial charge is 0.491 e. The van der Waals surface area contributed by atoms with E-state index in [1.165, 1.54) is 6.33 Å². The second-order valence-electron chi connectivity index (χ2n) is 4.42. The normalized spacial score (nSPS) is 14.0. The van der Waals surface area contributed by atoms with Gasteiger partial charge in [-0.2, -0.15) is 0 Å². The Hall–Kier alpha value is -2.41. The number of anilines is 2. The molecule has 1 aliphatic heterocycles. The highest BCUT2D eigenvalue weighted by atomic mass is 35.5. The van der Waals surface area contributed by atoms with Crippen LogP contribution in [0.1, 0.15) is 6.42 Å². The standard InChI is InChI=1S/C13H11ClN4O3/c14-12-11(18(19)20)13(16-8-15-12)17-6-3-7-21-10-5-2-1-4-9(10)17/h1-2,4-5,8H,3,6-7H2. The number of fused-ring (bicyclic) bond motifs is 1. The van der Waals surface area contributed by atoms with Crippen LogP contribution in [0.3, 0.4) is 0 Å². The molecule has 2 aromatic rings. The topological polar surface area (TPSA) is 81.4 Å². The second kappa shape index (κ2) is 5.53. The summed E-state index contributed by atoms with van der Waals surface area (Å²) in [5, 5.41) is 11.1. The lowest BCUT2D eigenvalue weighted by molar-refractivity contribution is -0.384. The van der Waals surface area contributed by atoms with Crippen molar-refractivity contribution in [2.45, 2.75) is 6.42 Å². The summed E-state index contributed by atoms with van der Waals surface area (Å²) < 4.78 is 5.64. The van der Waals surface area contributed by atoms with Crippen LogP contribution in [-0.2, 0) is 0 Å². The molecule has 0 unspecified atom stereocenters. The third-order valence-electron chi connectivity index (χ3n) is 3.14. The zero-order valence-corrected chi connectivity index (χ0v) is 11.7. The van der Waals surface area contributed by atoms with Crippen molar-refractivity contribution in [2.24, 2.45) is 0 Å². The molecular formula is C13H11ClN4O3. The van der Waals surface area contributed by atoms with Gasteiger partial charge in [0, 0.05) is 6.54 Å². The highest BCUT2D eigenvalue weighted by Crippen LogP contribution is 2.40. The number of para-hydroxylation sites is 2. The zero-order chi connectivity index (χ0) is 14.8. The second-order valence-corrected chi connectivity index (χ2v) is 4.77. The lowest BCUT2D eigenvalue weighted by Crippen LogP contribution is -2.20. The maximum atomic E-state index is 11.3. The molecule has 0 saturated heterocycles. The summed E-state index contributed by atoms with van der Waals surface area (Å²) in [5.41, 5.74) is 0.434. The van der Waals surface area contributed by atoms with Crippen molar-refractivity contribution in [1.29, 1.82) is 0 Å². The molecule has 8 heteroatoms. The molecule has 0 amide bonds. The van der Waals surface area contributed by atoms with E-state index in [9.17, 15) is 10.1 Å². The minimum absolute atomic E-state index is 0.173. The molecule has 0 aliphatic carbocycles. The highest BCUT2D eigenvalue weighted by molar-refractivity contribution is 6.31. The van der Waals surface area contributed by atoms with Gasteiger partial charge in [-0.25, -0.2) is 9.97 Å². The minimum Gasteiger partial charge on any atom is -0.491 e. The average Bonchev–Trinajstić information content (AvgIpc) is 2.68. The molecule has 0 bridgehead atoms. The van der Waals surface area contributed by atoms with Gasteiger partial charge in [0.05, 0.1) is 17.2 Å². The summed E-state index contributed by atoms with van der Waals surface area (Å²) in [4.78, 5) is 20.2. The van der Waals surface area contributed by atoms with Crippen molar-refractivity contribution in [3.05, 3.63) is 45.9 Å². The van der Waals surface area contributed by atoms with Crippen molar-refractivity contribution < 1.29 is 9.66 Å². The van der Waals surface area contributed by atoms with Crippen LogP contribution in [0, 0.1) is 10.1 Å². The van der Waals surface area contributed by atoms with Crippen LogP contribution in [0.15, 0.2) is 30.6 Å².